The van der Waals surface area contributed by atoms with Crippen LogP contribution in [-0.4, -0.2) is 17.0 Å². The number of benzene rings is 1. The van der Waals surface area contributed by atoms with Crippen LogP contribution in [0.2, 0.25) is 0 Å². The monoisotopic (exact) mass is 290 g/mol. The van der Waals surface area contributed by atoms with Gasteiger partial charge in [0.15, 0.2) is 11.6 Å². The highest BCUT2D eigenvalue weighted by Crippen LogP contribution is 2.37. The normalized spacial score (nSPS) is 20.0. The van der Waals surface area contributed by atoms with Gasteiger partial charge in [-0.1, -0.05) is 6.07 Å². The van der Waals surface area contributed by atoms with E-state index in [2.05, 4.69) is 10.3 Å². The van der Waals surface area contributed by atoms with E-state index in [9.17, 15) is 9.18 Å². The van der Waals surface area contributed by atoms with Gasteiger partial charge in [-0.2, -0.15) is 0 Å². The molecule has 1 aliphatic heterocycles. The van der Waals surface area contributed by atoms with E-state index in [1.54, 1.807) is 19.9 Å². The molecule has 0 aliphatic carbocycles. The van der Waals surface area contributed by atoms with Crippen LogP contribution in [0.25, 0.3) is 0 Å². The maximum absolute atomic E-state index is 13.2. The number of halogens is 1. The minimum atomic E-state index is -0.365. The van der Waals surface area contributed by atoms with Gasteiger partial charge in [0, 0.05) is 18.6 Å². The van der Waals surface area contributed by atoms with Gasteiger partial charge < -0.3 is 14.5 Å². The van der Waals surface area contributed by atoms with Crippen molar-refractivity contribution >= 4 is 5.91 Å². The van der Waals surface area contributed by atoms with E-state index in [1.165, 1.54) is 12.1 Å². The molecule has 5 nitrogen and oxygen atoms in total. The largest absolute Gasteiger partial charge is 0.488 e. The third-order valence-electron chi connectivity index (χ3n) is 3.50. The van der Waals surface area contributed by atoms with Crippen molar-refractivity contribution < 1.29 is 18.3 Å². The minimum absolute atomic E-state index is 0.260. The zero-order chi connectivity index (χ0) is 15.1. The fourth-order valence-corrected chi connectivity index (χ4v) is 2.53. The van der Waals surface area contributed by atoms with Crippen LogP contribution in [0.3, 0.4) is 0 Å². The van der Waals surface area contributed by atoms with E-state index >= 15 is 0 Å². The lowest BCUT2D eigenvalue weighted by molar-refractivity contribution is 0.0902. The standard InChI is InChI=1S/C15H15FN2O3/c1-7-13(11-5-4-10(16)6-12(11)21-7)18-15(19)14-8(2)20-9(3)17-14/h4-7,13H,1-3H3,(H,18,19)/t7-,13-/m0/s1. The lowest BCUT2D eigenvalue weighted by Crippen LogP contribution is -2.34. The topological polar surface area (TPSA) is 64.4 Å². The predicted molar refractivity (Wildman–Crippen MR) is 72.7 cm³/mol. The first kappa shape index (κ1) is 13.6. The lowest BCUT2D eigenvalue weighted by atomic mass is 10.0. The third-order valence-corrected chi connectivity index (χ3v) is 3.50. The molecule has 0 radical (unpaired) electrons. The van der Waals surface area contributed by atoms with Crippen molar-refractivity contribution in [3.05, 3.63) is 46.9 Å². The highest BCUT2D eigenvalue weighted by atomic mass is 19.1. The third kappa shape index (κ3) is 2.37. The van der Waals surface area contributed by atoms with Crippen LogP contribution in [-0.2, 0) is 0 Å². The number of aromatic nitrogens is 1. The maximum Gasteiger partial charge on any atom is 0.274 e. The summed E-state index contributed by atoms with van der Waals surface area (Å²) in [6.07, 6.45) is -0.279. The maximum atomic E-state index is 13.2. The van der Waals surface area contributed by atoms with Gasteiger partial charge in [0.1, 0.15) is 23.4 Å². The van der Waals surface area contributed by atoms with Crippen molar-refractivity contribution in [3.8, 4) is 5.75 Å². The number of carbonyl (C=O) groups is 1. The first-order chi connectivity index (χ1) is 9.95. The van der Waals surface area contributed by atoms with Crippen molar-refractivity contribution in [1.29, 1.82) is 0 Å². The van der Waals surface area contributed by atoms with Crippen LogP contribution in [0.4, 0.5) is 4.39 Å². The van der Waals surface area contributed by atoms with E-state index in [-0.39, 0.29) is 29.6 Å². The highest BCUT2D eigenvalue weighted by Gasteiger charge is 2.33. The first-order valence-electron chi connectivity index (χ1n) is 6.66. The van der Waals surface area contributed by atoms with Gasteiger partial charge in [0.25, 0.3) is 5.91 Å². The molecule has 1 N–H and O–H groups in total. The van der Waals surface area contributed by atoms with Gasteiger partial charge >= 0.3 is 0 Å². The Kier molecular flexibility index (Phi) is 3.16. The summed E-state index contributed by atoms with van der Waals surface area (Å²) in [6, 6.07) is 3.96. The molecule has 1 amide bonds. The van der Waals surface area contributed by atoms with Gasteiger partial charge in [-0.25, -0.2) is 9.37 Å². The molecule has 3 rings (SSSR count). The molecule has 6 heteroatoms. The summed E-state index contributed by atoms with van der Waals surface area (Å²) in [5.74, 6) is 0.672. The molecule has 0 fully saturated rings. The fraction of sp³-hybridized carbons (Fsp3) is 0.333. The number of oxazole rings is 1. The van der Waals surface area contributed by atoms with Crippen molar-refractivity contribution in [2.45, 2.75) is 32.9 Å². The molecule has 0 saturated carbocycles. The second kappa shape index (κ2) is 4.87. The minimum Gasteiger partial charge on any atom is -0.488 e. The van der Waals surface area contributed by atoms with Crippen molar-refractivity contribution in [3.63, 3.8) is 0 Å². The van der Waals surface area contributed by atoms with Crippen LogP contribution in [0.15, 0.2) is 22.6 Å². The van der Waals surface area contributed by atoms with Gasteiger partial charge in [0.05, 0.1) is 6.04 Å². The van der Waals surface area contributed by atoms with Gasteiger partial charge in [-0.05, 0) is 19.9 Å². The summed E-state index contributed by atoms with van der Waals surface area (Å²) in [7, 11) is 0. The fourth-order valence-electron chi connectivity index (χ4n) is 2.53. The van der Waals surface area contributed by atoms with E-state index in [0.717, 1.165) is 5.56 Å². The Labute approximate surface area is 121 Å². The number of carbonyl (C=O) groups excluding carboxylic acids is 1. The lowest BCUT2D eigenvalue weighted by Gasteiger charge is -2.16. The van der Waals surface area contributed by atoms with Crippen LogP contribution < -0.4 is 10.1 Å². The van der Waals surface area contributed by atoms with Crippen LogP contribution >= 0.6 is 0 Å². The zero-order valence-corrected chi connectivity index (χ0v) is 11.9. The molecule has 1 aromatic heterocycles. The predicted octanol–water partition coefficient (Wildman–Crippen LogP) is 2.68. The number of aryl methyl sites for hydroxylation is 2. The van der Waals surface area contributed by atoms with E-state index in [4.69, 9.17) is 9.15 Å². The van der Waals surface area contributed by atoms with Crippen molar-refractivity contribution in [2.75, 3.05) is 0 Å². The van der Waals surface area contributed by atoms with Gasteiger partial charge in [-0.15, -0.1) is 0 Å². The number of nitrogens with zero attached hydrogens (tertiary/aromatic N) is 1. The molecule has 2 heterocycles. The van der Waals surface area contributed by atoms with E-state index in [1.807, 2.05) is 6.92 Å². The molecule has 110 valence electrons. The number of amides is 1. The van der Waals surface area contributed by atoms with Gasteiger partial charge in [-0.3, -0.25) is 4.79 Å². The Hall–Kier alpha value is -2.37. The van der Waals surface area contributed by atoms with Crippen LogP contribution in [0, 0.1) is 19.7 Å². The average Bonchev–Trinajstić information content (AvgIpc) is 2.89. The van der Waals surface area contributed by atoms with Crippen LogP contribution in [0.1, 0.15) is 40.7 Å². The summed E-state index contributed by atoms with van der Waals surface area (Å²) in [6.45, 7) is 5.19. The SMILES string of the molecule is Cc1nc(C(=O)N[C@@H]2c3ccc(F)cc3O[C@H]2C)c(C)o1. The molecule has 21 heavy (non-hydrogen) atoms. The Morgan fingerprint density at radius 1 is 1.38 bits per heavy atom. The molecule has 0 spiro atoms. The molecule has 0 bridgehead atoms. The van der Waals surface area contributed by atoms with Crippen molar-refractivity contribution in [2.24, 2.45) is 0 Å². The molecule has 0 saturated heterocycles. The molecule has 2 aromatic rings. The Bertz CT molecular complexity index is 711. The number of rotatable bonds is 2. The summed E-state index contributed by atoms with van der Waals surface area (Å²) in [5.41, 5.74) is 1.02. The summed E-state index contributed by atoms with van der Waals surface area (Å²) in [5, 5.41) is 2.87. The smallest absolute Gasteiger partial charge is 0.274 e. The quantitative estimate of drug-likeness (QED) is 0.923. The Morgan fingerprint density at radius 3 is 2.81 bits per heavy atom. The van der Waals surface area contributed by atoms with Crippen LogP contribution in [0.5, 0.6) is 5.75 Å². The van der Waals surface area contributed by atoms with Gasteiger partial charge in [0.2, 0.25) is 0 Å². The zero-order valence-electron chi connectivity index (χ0n) is 11.9. The molecule has 1 aliphatic rings. The molecule has 2 atom stereocenters. The Morgan fingerprint density at radius 2 is 2.14 bits per heavy atom. The molecule has 1 aromatic carbocycles. The average molecular weight is 290 g/mol. The number of hydrogen-bond acceptors (Lipinski definition) is 4. The second-order valence-corrected chi connectivity index (χ2v) is 5.09. The summed E-state index contributed by atoms with van der Waals surface area (Å²) < 4.78 is 24.0. The van der Waals surface area contributed by atoms with E-state index in [0.29, 0.717) is 17.4 Å². The summed E-state index contributed by atoms with van der Waals surface area (Å²) >= 11 is 0. The van der Waals surface area contributed by atoms with E-state index < -0.39 is 0 Å². The molecular formula is C15H15FN2O3. The summed E-state index contributed by atoms with van der Waals surface area (Å²) in [4.78, 5) is 16.4. The number of hydrogen-bond donors (Lipinski definition) is 1. The number of ether oxygens (including phenoxy) is 1. The first-order valence-corrected chi connectivity index (χ1v) is 6.66. The number of nitrogens with one attached hydrogen (secondary N) is 1. The Balaban J connectivity index is 1.86. The molecule has 0 unspecified atom stereocenters. The second-order valence-electron chi connectivity index (χ2n) is 5.09. The number of fused-ring (bicyclic) bond motifs is 1. The highest BCUT2D eigenvalue weighted by molar-refractivity contribution is 5.93. The van der Waals surface area contributed by atoms with Crippen molar-refractivity contribution in [1.82, 2.24) is 10.3 Å². The molecular weight excluding hydrogens is 275 g/mol.